The van der Waals surface area contributed by atoms with Gasteiger partial charge in [0.15, 0.2) is 0 Å². The molecule has 4 heterocycles. The Bertz CT molecular complexity index is 809. The molecule has 6 unspecified atom stereocenters. The fourth-order valence-corrected chi connectivity index (χ4v) is 5.35. The summed E-state index contributed by atoms with van der Waals surface area (Å²) in [6, 6.07) is 0. The van der Waals surface area contributed by atoms with Crippen molar-refractivity contribution in [2.24, 2.45) is 0 Å². The van der Waals surface area contributed by atoms with Gasteiger partial charge in [0.05, 0.1) is 25.0 Å². The maximum atomic E-state index is 6.51. The van der Waals surface area contributed by atoms with Crippen molar-refractivity contribution >= 4 is 46.4 Å². The van der Waals surface area contributed by atoms with E-state index in [2.05, 4.69) is 0 Å². The molecule has 4 nitrogen and oxygen atoms in total. The van der Waals surface area contributed by atoms with Gasteiger partial charge < -0.3 is 18.9 Å². The van der Waals surface area contributed by atoms with Crippen LogP contribution in [-0.4, -0.2) is 25.0 Å². The van der Waals surface area contributed by atoms with Gasteiger partial charge in [0.1, 0.15) is 35.9 Å². The number of halogens is 4. The molecule has 8 heteroatoms. The first kappa shape index (κ1) is 17.5. The van der Waals surface area contributed by atoms with E-state index in [1.165, 1.54) is 0 Å². The van der Waals surface area contributed by atoms with Crippen LogP contribution in [0.5, 0.6) is 11.5 Å². The number of fused-ring (bicyclic) bond motifs is 10. The Morgan fingerprint density at radius 2 is 1.12 bits per heavy atom. The van der Waals surface area contributed by atoms with Crippen LogP contribution in [0.3, 0.4) is 0 Å². The van der Waals surface area contributed by atoms with E-state index in [1.807, 2.05) is 0 Å². The third-order valence-electron chi connectivity index (χ3n) is 5.37. The zero-order chi connectivity index (χ0) is 18.3. The molecule has 6 atom stereocenters. The summed E-state index contributed by atoms with van der Waals surface area (Å²) in [7, 11) is 3.24. The Balaban J connectivity index is 1.84. The van der Waals surface area contributed by atoms with Crippen molar-refractivity contribution < 1.29 is 18.9 Å². The van der Waals surface area contributed by atoms with E-state index in [-0.39, 0.29) is 12.2 Å². The second-order valence-electron chi connectivity index (χ2n) is 6.58. The minimum absolute atomic E-state index is 0.357. The molecule has 4 aliphatic rings. The molecule has 4 bridgehead atoms. The Hall–Kier alpha value is -0.620. The second kappa shape index (κ2) is 5.94. The average molecular weight is 436 g/mol. The number of methoxy groups -OCH3 is 2. The van der Waals surface area contributed by atoms with Crippen LogP contribution in [-0.2, 0) is 9.47 Å². The normalized spacial score (nSPS) is 36.2. The van der Waals surface area contributed by atoms with E-state index < -0.39 is 23.0 Å². The van der Waals surface area contributed by atoms with E-state index in [1.54, 1.807) is 26.4 Å². The van der Waals surface area contributed by atoms with Crippen LogP contribution in [0.15, 0.2) is 22.2 Å². The zero-order valence-corrected chi connectivity index (χ0v) is 16.8. The van der Waals surface area contributed by atoms with Gasteiger partial charge in [-0.2, -0.15) is 0 Å². The molecule has 1 aromatic carbocycles. The minimum Gasteiger partial charge on any atom is -0.496 e. The van der Waals surface area contributed by atoms with Gasteiger partial charge in [0.2, 0.25) is 0 Å². The molecule has 26 heavy (non-hydrogen) atoms. The van der Waals surface area contributed by atoms with Crippen molar-refractivity contribution in [2.45, 2.75) is 35.2 Å². The molecule has 0 aliphatic carbocycles. The lowest BCUT2D eigenvalue weighted by atomic mass is 9.89. The minimum atomic E-state index is -0.493. The lowest BCUT2D eigenvalue weighted by molar-refractivity contribution is 0.0253. The Labute approximate surface area is 170 Å². The van der Waals surface area contributed by atoms with Crippen LogP contribution in [0.25, 0.3) is 0 Å². The Morgan fingerprint density at radius 3 is 1.46 bits per heavy atom. The monoisotopic (exact) mass is 434 g/mol. The summed E-state index contributed by atoms with van der Waals surface area (Å²) in [5.41, 5.74) is 3.44. The summed E-state index contributed by atoms with van der Waals surface area (Å²) in [6.07, 6.45) is 2.06. The maximum Gasteiger partial charge on any atom is 0.131 e. The molecule has 138 valence electrons. The van der Waals surface area contributed by atoms with Crippen molar-refractivity contribution in [3.8, 4) is 11.5 Å². The highest BCUT2D eigenvalue weighted by Crippen LogP contribution is 2.64. The largest absolute Gasteiger partial charge is 0.496 e. The van der Waals surface area contributed by atoms with E-state index in [0.717, 1.165) is 22.3 Å². The summed E-state index contributed by atoms with van der Waals surface area (Å²) >= 11 is 25.7. The van der Waals surface area contributed by atoms with Crippen molar-refractivity contribution in [3.05, 3.63) is 44.5 Å². The van der Waals surface area contributed by atoms with Gasteiger partial charge in [-0.3, -0.25) is 0 Å². The number of hydrogen-bond donors (Lipinski definition) is 0. The van der Waals surface area contributed by atoms with Crippen molar-refractivity contribution in [1.29, 1.82) is 0 Å². The smallest absolute Gasteiger partial charge is 0.131 e. The van der Waals surface area contributed by atoms with Crippen LogP contribution < -0.4 is 9.47 Å². The molecular formula is C18H14Cl4O4. The Kier molecular flexibility index (Phi) is 3.99. The fraction of sp³-hybridized carbons (Fsp3) is 0.444. The van der Waals surface area contributed by atoms with Gasteiger partial charge in [-0.05, 0) is 12.2 Å². The van der Waals surface area contributed by atoms with Gasteiger partial charge >= 0.3 is 0 Å². The van der Waals surface area contributed by atoms with Gasteiger partial charge in [0, 0.05) is 32.3 Å². The SMILES string of the molecule is COc1c2c(c(OC)c3c1C1OC3C=C(Cl)C1Cl)C1OC2C=C(Cl)C1Cl. The molecule has 0 aromatic heterocycles. The lowest BCUT2D eigenvalue weighted by Crippen LogP contribution is -2.17. The first-order valence-electron chi connectivity index (χ1n) is 8.12. The van der Waals surface area contributed by atoms with Gasteiger partial charge in [-0.25, -0.2) is 0 Å². The van der Waals surface area contributed by atoms with Gasteiger partial charge in [0.25, 0.3) is 0 Å². The lowest BCUT2D eigenvalue weighted by Gasteiger charge is -2.24. The van der Waals surface area contributed by atoms with E-state index in [9.17, 15) is 0 Å². The topological polar surface area (TPSA) is 36.9 Å². The molecule has 0 spiro atoms. The second-order valence-corrected chi connectivity index (χ2v) is 8.40. The highest BCUT2D eigenvalue weighted by Gasteiger charge is 2.52. The highest BCUT2D eigenvalue weighted by atomic mass is 35.5. The first-order chi connectivity index (χ1) is 12.5. The third kappa shape index (κ3) is 2.06. The third-order valence-corrected chi connectivity index (χ3v) is 7.24. The summed E-state index contributed by atoms with van der Waals surface area (Å²) in [5, 5.41) is 0.130. The van der Waals surface area contributed by atoms with E-state index >= 15 is 0 Å². The summed E-state index contributed by atoms with van der Waals surface area (Å²) < 4.78 is 23.9. The number of rotatable bonds is 2. The molecule has 0 amide bonds. The quantitative estimate of drug-likeness (QED) is 0.581. The van der Waals surface area contributed by atoms with Crippen molar-refractivity contribution in [3.63, 3.8) is 0 Å². The van der Waals surface area contributed by atoms with Gasteiger partial charge in [-0.15, -0.1) is 23.2 Å². The summed E-state index contributed by atoms with van der Waals surface area (Å²) in [4.78, 5) is 0. The first-order valence-corrected chi connectivity index (χ1v) is 9.75. The van der Waals surface area contributed by atoms with E-state index in [0.29, 0.717) is 21.6 Å². The van der Waals surface area contributed by atoms with Crippen LogP contribution in [0.4, 0.5) is 0 Å². The average Bonchev–Trinajstić information content (AvgIpc) is 3.12. The Morgan fingerprint density at radius 1 is 0.731 bits per heavy atom. The van der Waals surface area contributed by atoms with E-state index in [4.69, 9.17) is 65.4 Å². The molecular weight excluding hydrogens is 422 g/mol. The molecule has 0 saturated carbocycles. The standard InChI is InChI=1S/C18H14Cl4O4/c1-23-15-9-7-3-5(19)14(22)18(25-7)12(9)16(24-2)10-8-4-6(20)13(21)17(26-8)11(10)15/h3-4,7-8,13-14,17-18H,1-2H3. The van der Waals surface area contributed by atoms with Crippen LogP contribution in [0.1, 0.15) is 46.7 Å². The summed E-state index contributed by atoms with van der Waals surface area (Å²) in [6.45, 7) is 0. The van der Waals surface area contributed by atoms with Crippen LogP contribution in [0, 0.1) is 0 Å². The molecule has 0 N–H and O–H groups in total. The van der Waals surface area contributed by atoms with Crippen LogP contribution in [0.2, 0.25) is 0 Å². The predicted molar refractivity (Wildman–Crippen MR) is 99.8 cm³/mol. The molecule has 5 rings (SSSR count). The molecule has 0 radical (unpaired) electrons. The molecule has 0 saturated heterocycles. The fourth-order valence-electron chi connectivity index (χ4n) is 4.38. The summed E-state index contributed by atoms with van der Waals surface area (Å²) in [5.74, 6) is 1.35. The highest BCUT2D eigenvalue weighted by molar-refractivity contribution is 6.38. The number of alkyl halides is 2. The number of benzene rings is 1. The zero-order valence-electron chi connectivity index (χ0n) is 13.8. The molecule has 1 aromatic rings. The van der Waals surface area contributed by atoms with Crippen molar-refractivity contribution in [1.82, 2.24) is 0 Å². The number of hydrogen-bond acceptors (Lipinski definition) is 4. The predicted octanol–water partition coefficient (Wildman–Crippen LogP) is 5.42. The maximum absolute atomic E-state index is 6.51. The number of ether oxygens (including phenoxy) is 4. The van der Waals surface area contributed by atoms with Crippen LogP contribution >= 0.6 is 46.4 Å². The molecule has 0 fully saturated rings. The van der Waals surface area contributed by atoms with Gasteiger partial charge in [-0.1, -0.05) is 23.2 Å². The van der Waals surface area contributed by atoms with Crippen molar-refractivity contribution in [2.75, 3.05) is 14.2 Å². The molecule has 4 aliphatic heterocycles.